The first-order chi connectivity index (χ1) is 11.9. The molecule has 0 atom stereocenters. The number of primary amides is 1. The molecule has 5 nitrogen and oxygen atoms in total. The van der Waals surface area contributed by atoms with E-state index in [0.29, 0.717) is 5.56 Å². The van der Waals surface area contributed by atoms with E-state index >= 15 is 0 Å². The molecule has 0 spiro atoms. The highest BCUT2D eigenvalue weighted by Crippen LogP contribution is 2.28. The lowest BCUT2D eigenvalue weighted by Crippen LogP contribution is -2.42. The number of hydrogen-bond acceptors (Lipinski definition) is 4. The van der Waals surface area contributed by atoms with E-state index in [0.717, 1.165) is 21.5 Å². The Bertz CT molecular complexity index is 933. The van der Waals surface area contributed by atoms with Crippen LogP contribution in [0.25, 0.3) is 21.5 Å². The monoisotopic (exact) mass is 353 g/mol. The first kappa shape index (κ1) is 17.1. The number of amides is 2. The lowest BCUT2D eigenvalue weighted by atomic mass is 9.92. The van der Waals surface area contributed by atoms with Crippen LogP contribution in [0.2, 0.25) is 0 Å². The zero-order valence-corrected chi connectivity index (χ0v) is 14.9. The summed E-state index contributed by atoms with van der Waals surface area (Å²) < 4.78 is 0. The van der Waals surface area contributed by atoms with E-state index in [-0.39, 0.29) is 12.5 Å². The van der Waals surface area contributed by atoms with Crippen molar-refractivity contribution in [3.8, 4) is 10.6 Å². The summed E-state index contributed by atoms with van der Waals surface area (Å²) >= 11 is 1.57. The molecule has 3 aromatic rings. The summed E-state index contributed by atoms with van der Waals surface area (Å²) in [5, 5.41) is 5.57. The molecule has 0 aliphatic heterocycles. The Hall–Kier alpha value is -2.73. The first-order valence-electron chi connectivity index (χ1n) is 7.90. The molecule has 128 valence electrons. The summed E-state index contributed by atoms with van der Waals surface area (Å²) in [6.07, 6.45) is 0. The van der Waals surface area contributed by atoms with Gasteiger partial charge in [0.25, 0.3) is 5.91 Å². The Morgan fingerprint density at radius 2 is 1.96 bits per heavy atom. The molecule has 0 aliphatic carbocycles. The molecule has 0 saturated carbocycles. The number of nitrogens with one attached hydrogen (secondary N) is 1. The van der Waals surface area contributed by atoms with Crippen LogP contribution >= 0.6 is 11.3 Å². The predicted octanol–water partition coefficient (Wildman–Crippen LogP) is 3.20. The number of carbonyl (C=O) groups excluding carboxylic acids is 2. The molecule has 0 aliphatic rings. The maximum atomic E-state index is 12.8. The number of aromatic nitrogens is 1. The minimum Gasteiger partial charge on any atom is -0.369 e. The van der Waals surface area contributed by atoms with Crippen molar-refractivity contribution in [2.75, 3.05) is 6.54 Å². The summed E-state index contributed by atoms with van der Waals surface area (Å²) in [6, 6.07) is 13.2. The first-order valence-corrected chi connectivity index (χ1v) is 8.78. The van der Waals surface area contributed by atoms with Crippen LogP contribution in [-0.2, 0) is 4.79 Å². The molecule has 6 heteroatoms. The van der Waals surface area contributed by atoms with Crippen molar-refractivity contribution in [2.24, 2.45) is 11.1 Å². The number of para-hydroxylation sites is 1. The average Bonchev–Trinajstić information content (AvgIpc) is 3.13. The van der Waals surface area contributed by atoms with E-state index in [2.05, 4.69) is 10.3 Å². The van der Waals surface area contributed by atoms with Gasteiger partial charge in [-0.15, -0.1) is 11.3 Å². The number of nitrogens with zero attached hydrogens (tertiary/aromatic N) is 1. The van der Waals surface area contributed by atoms with E-state index in [9.17, 15) is 9.59 Å². The van der Waals surface area contributed by atoms with Crippen molar-refractivity contribution in [1.29, 1.82) is 0 Å². The third-order valence-electron chi connectivity index (χ3n) is 4.09. The van der Waals surface area contributed by atoms with Crippen LogP contribution in [0.4, 0.5) is 0 Å². The number of carbonyl (C=O) groups is 2. The summed E-state index contributed by atoms with van der Waals surface area (Å²) in [4.78, 5) is 29.9. The Morgan fingerprint density at radius 1 is 1.20 bits per heavy atom. The van der Waals surface area contributed by atoms with Gasteiger partial charge in [-0.1, -0.05) is 24.3 Å². The second-order valence-corrected chi connectivity index (χ2v) is 7.43. The van der Waals surface area contributed by atoms with Gasteiger partial charge in [-0.2, -0.15) is 0 Å². The maximum Gasteiger partial charge on any atom is 0.252 e. The second-order valence-electron chi connectivity index (χ2n) is 6.48. The fourth-order valence-electron chi connectivity index (χ4n) is 2.40. The fourth-order valence-corrected chi connectivity index (χ4v) is 3.08. The molecule has 3 N–H and O–H groups in total. The van der Waals surface area contributed by atoms with E-state index in [4.69, 9.17) is 5.73 Å². The van der Waals surface area contributed by atoms with Gasteiger partial charge in [0.1, 0.15) is 0 Å². The fraction of sp³-hybridized carbons (Fsp3) is 0.211. The topological polar surface area (TPSA) is 85.1 Å². The van der Waals surface area contributed by atoms with Crippen molar-refractivity contribution in [2.45, 2.75) is 13.8 Å². The molecule has 3 rings (SSSR count). The van der Waals surface area contributed by atoms with Crippen LogP contribution in [0.3, 0.4) is 0 Å². The van der Waals surface area contributed by atoms with Crippen LogP contribution < -0.4 is 11.1 Å². The van der Waals surface area contributed by atoms with Crippen LogP contribution in [0.1, 0.15) is 24.2 Å². The van der Waals surface area contributed by atoms with Crippen molar-refractivity contribution in [3.63, 3.8) is 0 Å². The molecular weight excluding hydrogens is 334 g/mol. The lowest BCUT2D eigenvalue weighted by molar-refractivity contribution is -0.125. The summed E-state index contributed by atoms with van der Waals surface area (Å²) in [5.41, 5.74) is 6.62. The largest absolute Gasteiger partial charge is 0.369 e. The second kappa shape index (κ2) is 6.64. The number of thiophene rings is 1. The molecule has 0 radical (unpaired) electrons. The molecule has 25 heavy (non-hydrogen) atoms. The quantitative estimate of drug-likeness (QED) is 0.738. The minimum absolute atomic E-state index is 0.173. The number of hydrogen-bond donors (Lipinski definition) is 2. The van der Waals surface area contributed by atoms with Gasteiger partial charge >= 0.3 is 0 Å². The van der Waals surface area contributed by atoms with Crippen LogP contribution in [-0.4, -0.2) is 23.3 Å². The average molecular weight is 353 g/mol. The van der Waals surface area contributed by atoms with Gasteiger partial charge in [0.2, 0.25) is 5.91 Å². The molecule has 1 aromatic carbocycles. The highest BCUT2D eigenvalue weighted by atomic mass is 32.1. The van der Waals surface area contributed by atoms with Crippen molar-refractivity contribution in [1.82, 2.24) is 10.3 Å². The molecule has 0 fully saturated rings. The van der Waals surface area contributed by atoms with Gasteiger partial charge in [0.05, 0.1) is 27.1 Å². The zero-order chi connectivity index (χ0) is 18.0. The van der Waals surface area contributed by atoms with Gasteiger partial charge in [-0.05, 0) is 37.4 Å². The Balaban J connectivity index is 1.99. The SMILES string of the molecule is CC(C)(CNC(=O)c1cc(-c2cccs2)nc2ccccc12)C(N)=O. The minimum atomic E-state index is -0.810. The number of rotatable bonds is 5. The Kier molecular flexibility index (Phi) is 4.55. The summed E-state index contributed by atoms with van der Waals surface area (Å²) in [7, 11) is 0. The van der Waals surface area contributed by atoms with Crippen molar-refractivity contribution in [3.05, 3.63) is 53.4 Å². The zero-order valence-electron chi connectivity index (χ0n) is 14.1. The smallest absolute Gasteiger partial charge is 0.252 e. The van der Waals surface area contributed by atoms with Gasteiger partial charge < -0.3 is 11.1 Å². The van der Waals surface area contributed by atoms with E-state index < -0.39 is 11.3 Å². The lowest BCUT2D eigenvalue weighted by Gasteiger charge is -2.21. The molecule has 2 aromatic heterocycles. The third kappa shape index (κ3) is 3.53. The summed E-state index contributed by atoms with van der Waals surface area (Å²) in [5.74, 6) is -0.697. The molecule has 2 amide bonds. The standard InChI is InChI=1S/C19H19N3O2S/c1-19(2,18(20)24)11-21-17(23)13-10-15(16-8-5-9-25-16)22-14-7-4-3-6-12(13)14/h3-10H,11H2,1-2H3,(H2,20,24)(H,21,23). The van der Waals surface area contributed by atoms with Gasteiger partial charge in [0, 0.05) is 11.9 Å². The molecular formula is C19H19N3O2S. The Labute approximate surface area is 149 Å². The van der Waals surface area contributed by atoms with Crippen molar-refractivity contribution >= 4 is 34.1 Å². The van der Waals surface area contributed by atoms with Gasteiger partial charge in [0.15, 0.2) is 0 Å². The number of pyridine rings is 1. The number of nitrogens with two attached hydrogens (primary N) is 1. The predicted molar refractivity (Wildman–Crippen MR) is 100 cm³/mol. The normalized spacial score (nSPS) is 11.4. The van der Waals surface area contributed by atoms with Gasteiger partial charge in [-0.25, -0.2) is 4.98 Å². The van der Waals surface area contributed by atoms with E-state index in [1.54, 1.807) is 31.3 Å². The highest BCUT2D eigenvalue weighted by molar-refractivity contribution is 7.13. The molecule has 0 saturated heterocycles. The van der Waals surface area contributed by atoms with Crippen LogP contribution in [0.15, 0.2) is 47.8 Å². The van der Waals surface area contributed by atoms with E-state index in [1.807, 2.05) is 41.8 Å². The molecule has 0 bridgehead atoms. The van der Waals surface area contributed by atoms with Crippen LogP contribution in [0.5, 0.6) is 0 Å². The highest BCUT2D eigenvalue weighted by Gasteiger charge is 2.26. The molecule has 0 unspecified atom stereocenters. The molecule has 2 heterocycles. The van der Waals surface area contributed by atoms with Gasteiger partial charge in [-0.3, -0.25) is 9.59 Å². The number of fused-ring (bicyclic) bond motifs is 1. The maximum absolute atomic E-state index is 12.8. The van der Waals surface area contributed by atoms with E-state index in [1.165, 1.54) is 0 Å². The summed E-state index contributed by atoms with van der Waals surface area (Å²) in [6.45, 7) is 3.58. The van der Waals surface area contributed by atoms with Crippen molar-refractivity contribution < 1.29 is 9.59 Å². The Morgan fingerprint density at radius 3 is 2.64 bits per heavy atom. The number of benzene rings is 1. The van der Waals surface area contributed by atoms with Crippen LogP contribution in [0, 0.1) is 5.41 Å². The third-order valence-corrected chi connectivity index (χ3v) is 4.98.